The third-order valence-electron chi connectivity index (χ3n) is 5.64. The van der Waals surface area contributed by atoms with Crippen molar-refractivity contribution in [3.8, 4) is 5.69 Å². The van der Waals surface area contributed by atoms with Gasteiger partial charge < -0.3 is 4.90 Å². The summed E-state index contributed by atoms with van der Waals surface area (Å²) in [4.78, 5) is 30.5. The fourth-order valence-electron chi connectivity index (χ4n) is 4.01. The van der Waals surface area contributed by atoms with Crippen LogP contribution in [0.2, 0.25) is 5.02 Å². The second-order valence-corrected chi connectivity index (χ2v) is 7.95. The number of rotatable bonds is 7. The van der Waals surface area contributed by atoms with E-state index in [0.29, 0.717) is 28.8 Å². The Morgan fingerprint density at radius 1 is 1.03 bits per heavy atom. The molecular weight excluding hydrogens is 414 g/mol. The van der Waals surface area contributed by atoms with Gasteiger partial charge in [0.1, 0.15) is 5.82 Å². The summed E-state index contributed by atoms with van der Waals surface area (Å²) in [6.07, 6.45) is 0.842. The smallest absolute Gasteiger partial charge is 0.304 e. The summed E-state index contributed by atoms with van der Waals surface area (Å²) >= 11 is 6.28. The molecule has 0 N–H and O–H groups in total. The summed E-state index contributed by atoms with van der Waals surface area (Å²) < 4.78 is 3.02. The molecule has 7 nitrogen and oxygen atoms in total. The van der Waals surface area contributed by atoms with Crippen molar-refractivity contribution in [1.82, 2.24) is 19.2 Å². The topological polar surface area (TPSA) is 63.4 Å². The second kappa shape index (κ2) is 9.08. The van der Waals surface area contributed by atoms with Gasteiger partial charge in [-0.2, -0.15) is 5.10 Å². The van der Waals surface area contributed by atoms with E-state index in [1.165, 1.54) is 4.68 Å². The van der Waals surface area contributed by atoms with Gasteiger partial charge in [0.25, 0.3) is 0 Å². The van der Waals surface area contributed by atoms with Crippen LogP contribution in [0.25, 0.3) is 5.69 Å². The van der Waals surface area contributed by atoms with Crippen LogP contribution in [0.15, 0.2) is 53.3 Å². The maximum Gasteiger partial charge on any atom is 0.350 e. The number of aromatic nitrogens is 3. The fraction of sp³-hybridized carbons (Fsp3) is 0.348. The number of amides is 1. The predicted molar refractivity (Wildman–Crippen MR) is 123 cm³/mol. The minimum absolute atomic E-state index is 0.0273. The quantitative estimate of drug-likeness (QED) is 0.563. The van der Waals surface area contributed by atoms with Crippen LogP contribution < -0.4 is 10.6 Å². The molecule has 0 saturated carbocycles. The molecule has 3 aromatic rings. The molecule has 1 amide bonds. The summed E-state index contributed by atoms with van der Waals surface area (Å²) in [7, 11) is 0. The standard InChI is InChI=1S/C23H26ClN5O2/c1-3-26(4-2)13-8-14-27-23(31)29-19-12-11-17(24)15-20(19)28(18-9-6-5-7-10-18)22(30)16-21(29)25-27/h5-7,9-12,15H,3-4,8,13-14,16H2,1-2H3. The van der Waals surface area contributed by atoms with E-state index in [1.807, 2.05) is 30.3 Å². The van der Waals surface area contributed by atoms with Gasteiger partial charge >= 0.3 is 5.69 Å². The number of aryl methyl sites for hydroxylation is 1. The van der Waals surface area contributed by atoms with E-state index in [0.717, 1.165) is 31.7 Å². The molecule has 1 aliphatic rings. The van der Waals surface area contributed by atoms with Gasteiger partial charge in [-0.15, -0.1) is 0 Å². The first kappa shape index (κ1) is 21.3. The Hall–Kier alpha value is -2.90. The third-order valence-corrected chi connectivity index (χ3v) is 5.87. The third kappa shape index (κ3) is 4.16. The zero-order valence-electron chi connectivity index (χ0n) is 17.8. The predicted octanol–water partition coefficient (Wildman–Crippen LogP) is 3.64. The molecule has 2 heterocycles. The van der Waals surface area contributed by atoms with Crippen molar-refractivity contribution in [2.75, 3.05) is 24.5 Å². The average Bonchev–Trinajstić information content (AvgIpc) is 3.00. The van der Waals surface area contributed by atoms with Crippen molar-refractivity contribution in [2.24, 2.45) is 0 Å². The van der Waals surface area contributed by atoms with E-state index in [2.05, 4.69) is 23.8 Å². The van der Waals surface area contributed by atoms with Crippen molar-refractivity contribution < 1.29 is 4.79 Å². The molecular formula is C23H26ClN5O2. The number of para-hydroxylation sites is 1. The Kier molecular flexibility index (Phi) is 6.25. The Bertz CT molecular complexity index is 1130. The molecule has 1 aliphatic heterocycles. The zero-order chi connectivity index (χ0) is 22.0. The fourth-order valence-corrected chi connectivity index (χ4v) is 4.18. The largest absolute Gasteiger partial charge is 0.350 e. The van der Waals surface area contributed by atoms with Crippen molar-refractivity contribution in [3.63, 3.8) is 0 Å². The van der Waals surface area contributed by atoms with Crippen LogP contribution in [0.3, 0.4) is 0 Å². The molecule has 0 unspecified atom stereocenters. The molecule has 31 heavy (non-hydrogen) atoms. The lowest BCUT2D eigenvalue weighted by Crippen LogP contribution is -2.29. The number of benzene rings is 2. The molecule has 0 aliphatic carbocycles. The van der Waals surface area contributed by atoms with Crippen molar-refractivity contribution in [2.45, 2.75) is 33.2 Å². The summed E-state index contributed by atoms with van der Waals surface area (Å²) in [6, 6.07) is 14.6. The van der Waals surface area contributed by atoms with Crippen LogP contribution in [0.1, 0.15) is 26.1 Å². The Morgan fingerprint density at radius 3 is 2.48 bits per heavy atom. The first-order valence-corrected chi connectivity index (χ1v) is 11.0. The van der Waals surface area contributed by atoms with Crippen molar-refractivity contribution >= 4 is 28.9 Å². The number of halogens is 1. The number of hydrogen-bond acceptors (Lipinski definition) is 4. The van der Waals surface area contributed by atoms with Crippen LogP contribution in [-0.4, -0.2) is 44.8 Å². The first-order chi connectivity index (χ1) is 15.0. The molecule has 0 fully saturated rings. The van der Waals surface area contributed by atoms with Crippen molar-refractivity contribution in [1.29, 1.82) is 0 Å². The number of carbonyl (C=O) groups is 1. The monoisotopic (exact) mass is 439 g/mol. The molecule has 0 atom stereocenters. The van der Waals surface area contributed by atoms with Crippen LogP contribution in [0, 0.1) is 0 Å². The highest BCUT2D eigenvalue weighted by Gasteiger charge is 2.30. The van der Waals surface area contributed by atoms with E-state index in [9.17, 15) is 9.59 Å². The van der Waals surface area contributed by atoms with Crippen LogP contribution >= 0.6 is 11.6 Å². The Balaban J connectivity index is 1.75. The molecule has 4 rings (SSSR count). The zero-order valence-corrected chi connectivity index (χ0v) is 18.5. The van der Waals surface area contributed by atoms with Gasteiger partial charge in [0.2, 0.25) is 5.91 Å². The lowest BCUT2D eigenvalue weighted by atomic mass is 10.2. The van der Waals surface area contributed by atoms with Gasteiger partial charge in [-0.3, -0.25) is 9.69 Å². The SMILES string of the molecule is CCN(CC)CCCn1nc2n(c1=O)-c1ccc(Cl)cc1N(c1ccccc1)C(=O)C2. The van der Waals surface area contributed by atoms with Crippen molar-refractivity contribution in [3.05, 3.63) is 69.9 Å². The number of fused-ring (bicyclic) bond motifs is 3. The summed E-state index contributed by atoms with van der Waals surface area (Å²) in [5.41, 5.74) is 1.67. The van der Waals surface area contributed by atoms with Gasteiger partial charge in [0, 0.05) is 17.3 Å². The van der Waals surface area contributed by atoms with Crippen LogP contribution in [-0.2, 0) is 17.8 Å². The molecule has 8 heteroatoms. The van der Waals surface area contributed by atoms with Gasteiger partial charge in [-0.1, -0.05) is 43.6 Å². The average molecular weight is 440 g/mol. The minimum Gasteiger partial charge on any atom is -0.304 e. The lowest BCUT2D eigenvalue weighted by Gasteiger charge is -2.23. The minimum atomic E-state index is -0.235. The Labute approximate surface area is 186 Å². The molecule has 0 saturated heterocycles. The summed E-state index contributed by atoms with van der Waals surface area (Å²) in [6.45, 7) is 7.61. The van der Waals surface area contributed by atoms with Crippen LogP contribution in [0.4, 0.5) is 11.4 Å². The van der Waals surface area contributed by atoms with E-state index >= 15 is 0 Å². The van der Waals surface area contributed by atoms with E-state index < -0.39 is 0 Å². The normalized spacial score (nSPS) is 13.3. The van der Waals surface area contributed by atoms with Gasteiger partial charge in [-0.25, -0.2) is 14.0 Å². The van der Waals surface area contributed by atoms with E-state index in [4.69, 9.17) is 11.6 Å². The number of carbonyl (C=O) groups excluding carboxylic acids is 1. The molecule has 2 aromatic carbocycles. The summed E-state index contributed by atoms with van der Waals surface area (Å²) in [5, 5.41) is 5.02. The molecule has 0 radical (unpaired) electrons. The number of hydrogen-bond donors (Lipinski definition) is 0. The maximum absolute atomic E-state index is 13.3. The maximum atomic E-state index is 13.3. The number of anilines is 2. The van der Waals surface area contributed by atoms with Gasteiger partial charge in [0.15, 0.2) is 0 Å². The lowest BCUT2D eigenvalue weighted by molar-refractivity contribution is -0.117. The second-order valence-electron chi connectivity index (χ2n) is 7.51. The molecule has 0 bridgehead atoms. The highest BCUT2D eigenvalue weighted by molar-refractivity contribution is 6.31. The summed E-state index contributed by atoms with van der Waals surface area (Å²) in [5.74, 6) is 0.286. The van der Waals surface area contributed by atoms with Gasteiger partial charge in [-0.05, 0) is 56.4 Å². The molecule has 1 aromatic heterocycles. The Morgan fingerprint density at radius 2 is 1.77 bits per heavy atom. The first-order valence-electron chi connectivity index (χ1n) is 10.6. The van der Waals surface area contributed by atoms with E-state index in [-0.39, 0.29) is 18.0 Å². The van der Waals surface area contributed by atoms with Crippen LogP contribution in [0.5, 0.6) is 0 Å². The van der Waals surface area contributed by atoms with E-state index in [1.54, 1.807) is 27.7 Å². The molecule has 0 spiro atoms. The molecule has 162 valence electrons. The highest BCUT2D eigenvalue weighted by Crippen LogP contribution is 2.35. The number of nitrogens with zero attached hydrogens (tertiary/aromatic N) is 5. The highest BCUT2D eigenvalue weighted by atomic mass is 35.5. The van der Waals surface area contributed by atoms with Gasteiger partial charge in [0.05, 0.1) is 17.8 Å².